The van der Waals surface area contributed by atoms with E-state index >= 15 is 0 Å². The van der Waals surface area contributed by atoms with Gasteiger partial charge in [0.1, 0.15) is 18.0 Å². The molecule has 2 rings (SSSR count). The van der Waals surface area contributed by atoms with Crippen LogP contribution in [0.4, 0.5) is 4.39 Å². The van der Waals surface area contributed by atoms with E-state index in [1.54, 1.807) is 6.33 Å². The van der Waals surface area contributed by atoms with Crippen molar-refractivity contribution in [1.82, 2.24) is 19.9 Å². The van der Waals surface area contributed by atoms with E-state index in [2.05, 4.69) is 22.2 Å². The first kappa shape index (κ1) is 13.7. The Bertz CT molecular complexity index is 563. The third-order valence-corrected chi connectivity index (χ3v) is 3.13. The van der Waals surface area contributed by atoms with Gasteiger partial charge in [-0.2, -0.15) is 0 Å². The van der Waals surface area contributed by atoms with Crippen LogP contribution in [0.2, 0.25) is 0 Å². The molecule has 2 aromatic heterocycles. The van der Waals surface area contributed by atoms with Crippen molar-refractivity contribution in [3.8, 4) is 5.82 Å². The number of pyridine rings is 1. The lowest BCUT2D eigenvalue weighted by Gasteiger charge is -2.11. The van der Waals surface area contributed by atoms with E-state index in [0.717, 1.165) is 35.7 Å². The van der Waals surface area contributed by atoms with Crippen LogP contribution in [0.1, 0.15) is 30.3 Å². The molecule has 0 aromatic carbocycles. The van der Waals surface area contributed by atoms with E-state index in [0.29, 0.717) is 6.54 Å². The first-order valence-electron chi connectivity index (χ1n) is 6.49. The van der Waals surface area contributed by atoms with Crippen molar-refractivity contribution in [3.05, 3.63) is 41.4 Å². The van der Waals surface area contributed by atoms with Gasteiger partial charge in [-0.1, -0.05) is 6.92 Å². The number of halogens is 1. The fourth-order valence-corrected chi connectivity index (χ4v) is 1.93. The third-order valence-electron chi connectivity index (χ3n) is 3.13. The van der Waals surface area contributed by atoms with Crippen LogP contribution in [0.5, 0.6) is 0 Å². The molecule has 0 saturated heterocycles. The number of hydrogen-bond acceptors (Lipinski definition) is 3. The van der Waals surface area contributed by atoms with Gasteiger partial charge in [-0.15, -0.1) is 0 Å². The van der Waals surface area contributed by atoms with Crippen LogP contribution in [0.3, 0.4) is 0 Å². The van der Waals surface area contributed by atoms with E-state index in [1.807, 2.05) is 18.4 Å². The predicted molar refractivity (Wildman–Crippen MR) is 72.8 cm³/mol. The van der Waals surface area contributed by atoms with Gasteiger partial charge >= 0.3 is 0 Å². The summed E-state index contributed by atoms with van der Waals surface area (Å²) in [5, 5.41) is 3.27. The molecule has 0 fully saturated rings. The Kier molecular flexibility index (Phi) is 4.27. The van der Waals surface area contributed by atoms with Gasteiger partial charge < -0.3 is 5.32 Å². The molecule has 5 heteroatoms. The third kappa shape index (κ3) is 2.98. The van der Waals surface area contributed by atoms with Gasteiger partial charge in [0.2, 0.25) is 0 Å². The van der Waals surface area contributed by atoms with Crippen LogP contribution in [-0.2, 0) is 6.54 Å². The molecule has 2 aromatic rings. The van der Waals surface area contributed by atoms with Crippen molar-refractivity contribution in [2.75, 3.05) is 6.54 Å². The Hall–Kier alpha value is -1.75. The smallest absolute Gasteiger partial charge is 0.142 e. The lowest BCUT2D eigenvalue weighted by Crippen LogP contribution is -2.16. The standard InChI is InChI=1S/C14H19FN4/c1-4-5-16-7-12-6-13(15)8-17-14(12)19-9-18-10(2)11(19)3/h6,8-9,16H,4-5,7H2,1-3H3. The zero-order valence-electron chi connectivity index (χ0n) is 11.6. The Labute approximate surface area is 112 Å². The Morgan fingerprint density at radius 2 is 2.11 bits per heavy atom. The maximum absolute atomic E-state index is 13.4. The molecule has 0 aliphatic heterocycles. The van der Waals surface area contributed by atoms with Crippen LogP contribution in [0, 0.1) is 19.7 Å². The number of rotatable bonds is 5. The summed E-state index contributed by atoms with van der Waals surface area (Å²) in [6, 6.07) is 1.53. The van der Waals surface area contributed by atoms with E-state index < -0.39 is 0 Å². The molecule has 0 amide bonds. The van der Waals surface area contributed by atoms with Crippen LogP contribution in [0.25, 0.3) is 5.82 Å². The fourth-order valence-electron chi connectivity index (χ4n) is 1.93. The molecule has 0 spiro atoms. The molecule has 0 aliphatic carbocycles. The van der Waals surface area contributed by atoms with Crippen LogP contribution in [-0.4, -0.2) is 21.1 Å². The highest BCUT2D eigenvalue weighted by molar-refractivity contribution is 5.36. The van der Waals surface area contributed by atoms with Crippen molar-refractivity contribution in [2.24, 2.45) is 0 Å². The molecule has 0 radical (unpaired) electrons. The molecule has 1 N–H and O–H groups in total. The maximum atomic E-state index is 13.4. The van der Waals surface area contributed by atoms with E-state index in [-0.39, 0.29) is 5.82 Å². The van der Waals surface area contributed by atoms with Crippen molar-refractivity contribution in [3.63, 3.8) is 0 Å². The van der Waals surface area contributed by atoms with Crippen LogP contribution >= 0.6 is 0 Å². The van der Waals surface area contributed by atoms with Gasteiger partial charge in [0, 0.05) is 17.8 Å². The number of nitrogens with zero attached hydrogens (tertiary/aromatic N) is 3. The van der Waals surface area contributed by atoms with Gasteiger partial charge in [-0.05, 0) is 32.9 Å². The number of aromatic nitrogens is 3. The zero-order valence-corrected chi connectivity index (χ0v) is 11.6. The highest BCUT2D eigenvalue weighted by Gasteiger charge is 2.11. The topological polar surface area (TPSA) is 42.7 Å². The Morgan fingerprint density at radius 3 is 2.74 bits per heavy atom. The Morgan fingerprint density at radius 1 is 1.32 bits per heavy atom. The van der Waals surface area contributed by atoms with Crippen LogP contribution in [0.15, 0.2) is 18.6 Å². The molecule has 0 bridgehead atoms. The van der Waals surface area contributed by atoms with Crippen molar-refractivity contribution < 1.29 is 4.39 Å². The van der Waals surface area contributed by atoms with Gasteiger partial charge in [0.05, 0.1) is 11.9 Å². The van der Waals surface area contributed by atoms with Gasteiger partial charge in [0.15, 0.2) is 0 Å². The molecule has 4 nitrogen and oxygen atoms in total. The average molecular weight is 262 g/mol. The quantitative estimate of drug-likeness (QED) is 0.842. The minimum Gasteiger partial charge on any atom is -0.313 e. The molecule has 2 heterocycles. The second-order valence-electron chi connectivity index (χ2n) is 4.60. The number of aryl methyl sites for hydroxylation is 1. The number of nitrogens with one attached hydrogen (secondary N) is 1. The molecule has 19 heavy (non-hydrogen) atoms. The van der Waals surface area contributed by atoms with E-state index in [4.69, 9.17) is 0 Å². The van der Waals surface area contributed by atoms with Crippen molar-refractivity contribution in [1.29, 1.82) is 0 Å². The monoisotopic (exact) mass is 262 g/mol. The molecule has 0 atom stereocenters. The summed E-state index contributed by atoms with van der Waals surface area (Å²) < 4.78 is 15.3. The first-order valence-corrected chi connectivity index (χ1v) is 6.49. The number of imidazole rings is 1. The summed E-state index contributed by atoms with van der Waals surface area (Å²) in [6.07, 6.45) is 4.02. The van der Waals surface area contributed by atoms with Crippen LogP contribution < -0.4 is 5.32 Å². The van der Waals surface area contributed by atoms with E-state index in [9.17, 15) is 4.39 Å². The fraction of sp³-hybridized carbons (Fsp3) is 0.429. The predicted octanol–water partition coefficient (Wildman–Crippen LogP) is 2.52. The maximum Gasteiger partial charge on any atom is 0.142 e. The van der Waals surface area contributed by atoms with Crippen molar-refractivity contribution >= 4 is 0 Å². The SMILES string of the molecule is CCCNCc1cc(F)cnc1-n1cnc(C)c1C. The number of hydrogen-bond donors (Lipinski definition) is 1. The van der Waals surface area contributed by atoms with Gasteiger partial charge in [-0.25, -0.2) is 14.4 Å². The summed E-state index contributed by atoms with van der Waals surface area (Å²) in [5.41, 5.74) is 2.82. The summed E-state index contributed by atoms with van der Waals surface area (Å²) in [7, 11) is 0. The minimum absolute atomic E-state index is 0.313. The molecule has 0 unspecified atom stereocenters. The van der Waals surface area contributed by atoms with Gasteiger partial charge in [0.25, 0.3) is 0 Å². The normalized spacial score (nSPS) is 10.9. The lowest BCUT2D eigenvalue weighted by atomic mass is 10.2. The average Bonchev–Trinajstić information content (AvgIpc) is 2.71. The minimum atomic E-state index is -0.313. The lowest BCUT2D eigenvalue weighted by molar-refractivity contribution is 0.609. The highest BCUT2D eigenvalue weighted by Crippen LogP contribution is 2.17. The summed E-state index contributed by atoms with van der Waals surface area (Å²) >= 11 is 0. The Balaban J connectivity index is 2.36. The molecular weight excluding hydrogens is 243 g/mol. The van der Waals surface area contributed by atoms with Crippen molar-refractivity contribution in [2.45, 2.75) is 33.7 Å². The summed E-state index contributed by atoms with van der Waals surface area (Å²) in [4.78, 5) is 8.47. The molecule has 102 valence electrons. The van der Waals surface area contributed by atoms with E-state index in [1.165, 1.54) is 12.3 Å². The second kappa shape index (κ2) is 5.93. The van der Waals surface area contributed by atoms with Gasteiger partial charge in [-0.3, -0.25) is 4.57 Å². The summed E-state index contributed by atoms with van der Waals surface area (Å²) in [6.45, 7) is 7.53. The summed E-state index contributed by atoms with van der Waals surface area (Å²) in [5.74, 6) is 0.426. The molecule has 0 aliphatic rings. The highest BCUT2D eigenvalue weighted by atomic mass is 19.1. The zero-order chi connectivity index (χ0) is 13.8. The molecular formula is C14H19FN4. The largest absolute Gasteiger partial charge is 0.313 e. The second-order valence-corrected chi connectivity index (χ2v) is 4.60. The first-order chi connectivity index (χ1) is 9.13. The molecule has 0 saturated carbocycles.